The van der Waals surface area contributed by atoms with Crippen LogP contribution >= 0.6 is 0 Å². The Bertz CT molecular complexity index is 1010. The number of halogens is 2. The van der Waals surface area contributed by atoms with Gasteiger partial charge in [-0.05, 0) is 24.6 Å². The quantitative estimate of drug-likeness (QED) is 0.793. The summed E-state index contributed by atoms with van der Waals surface area (Å²) in [6, 6.07) is 13.2. The minimum Gasteiger partial charge on any atom is -0.433 e. The maximum Gasteiger partial charge on any atom is 0.387 e. The molecule has 2 aromatic rings. The average molecular weight is 409 g/mol. The molecule has 0 bridgehead atoms. The lowest BCUT2D eigenvalue weighted by atomic mass is 10.1. The van der Waals surface area contributed by atoms with Gasteiger partial charge in [-0.2, -0.15) is 8.78 Å². The summed E-state index contributed by atoms with van der Waals surface area (Å²) in [6.45, 7) is -1.31. The highest BCUT2D eigenvalue weighted by Gasteiger charge is 2.29. The van der Waals surface area contributed by atoms with Gasteiger partial charge in [0, 0.05) is 11.3 Å². The molecule has 2 amide bonds. The fourth-order valence-corrected chi connectivity index (χ4v) is 3.84. The van der Waals surface area contributed by atoms with Crippen molar-refractivity contribution in [1.29, 1.82) is 0 Å². The van der Waals surface area contributed by atoms with E-state index in [1.165, 1.54) is 12.1 Å². The van der Waals surface area contributed by atoms with Crippen LogP contribution in [0.4, 0.5) is 13.6 Å². The van der Waals surface area contributed by atoms with Crippen LogP contribution in [-0.4, -0.2) is 32.6 Å². The molecule has 28 heavy (non-hydrogen) atoms. The molecule has 0 atom stereocenters. The first-order valence-corrected chi connectivity index (χ1v) is 9.66. The number of carbonyl (C=O) groups is 1. The maximum absolute atomic E-state index is 12.5. The van der Waals surface area contributed by atoms with Gasteiger partial charge in [0.25, 0.3) is 10.0 Å². The highest BCUT2D eigenvalue weighted by atomic mass is 32.2. The van der Waals surface area contributed by atoms with Crippen molar-refractivity contribution >= 4 is 21.6 Å². The van der Waals surface area contributed by atoms with Crippen molar-refractivity contribution in [2.45, 2.75) is 18.4 Å². The van der Waals surface area contributed by atoms with E-state index >= 15 is 0 Å². The number of sulfonamides is 1. The molecule has 0 unspecified atom stereocenters. The van der Waals surface area contributed by atoms with E-state index in [0.717, 1.165) is 28.3 Å². The molecule has 0 radical (unpaired) electrons. The Morgan fingerprint density at radius 1 is 1.14 bits per heavy atom. The van der Waals surface area contributed by atoms with E-state index in [9.17, 15) is 22.0 Å². The lowest BCUT2D eigenvalue weighted by Gasteiger charge is -2.19. The first-order valence-electron chi connectivity index (χ1n) is 8.18. The summed E-state index contributed by atoms with van der Waals surface area (Å²) < 4.78 is 56.1. The number of para-hydroxylation sites is 1. The summed E-state index contributed by atoms with van der Waals surface area (Å²) in [6.07, 6.45) is 0. The summed E-state index contributed by atoms with van der Waals surface area (Å²) in [5, 5.41) is 1.09. The molecule has 2 N–H and O–H groups in total. The second-order valence-corrected chi connectivity index (χ2v) is 7.55. The van der Waals surface area contributed by atoms with Crippen LogP contribution in [0.15, 0.2) is 65.2 Å². The third-order valence-electron chi connectivity index (χ3n) is 4.02. The number of rotatable bonds is 5. The first kappa shape index (κ1) is 19.6. The Morgan fingerprint density at radius 2 is 1.79 bits per heavy atom. The van der Waals surface area contributed by atoms with E-state index in [2.05, 4.69) is 10.2 Å². The van der Waals surface area contributed by atoms with Crippen molar-refractivity contribution in [2.24, 2.45) is 0 Å². The zero-order valence-corrected chi connectivity index (χ0v) is 15.5. The second kappa shape index (κ2) is 7.85. The van der Waals surface area contributed by atoms with Crippen molar-refractivity contribution in [3.63, 3.8) is 0 Å². The Hall–Kier alpha value is -3.14. The number of benzene rings is 2. The number of amides is 2. The Labute approximate surface area is 160 Å². The van der Waals surface area contributed by atoms with Crippen LogP contribution in [0.25, 0.3) is 5.57 Å². The first-order chi connectivity index (χ1) is 13.3. The molecule has 0 spiro atoms. The standard InChI is InChI=1S/C18H17F2N3O4S/c1-12-14(13-7-3-2-4-8-13)11-23(21-12)18(24)22-28(25,26)16-10-6-5-9-15(16)27-17(19)20/h2-10,17,21H,11H2,1H3,(H,22,24). The summed E-state index contributed by atoms with van der Waals surface area (Å²) in [4.78, 5) is 11.9. The summed E-state index contributed by atoms with van der Waals surface area (Å²) in [7, 11) is -4.43. The van der Waals surface area contributed by atoms with Crippen molar-refractivity contribution < 1.29 is 26.7 Å². The SMILES string of the molecule is CC1=C(c2ccccc2)CN(C(=O)NS(=O)(=O)c2ccccc2OC(F)F)N1. The smallest absolute Gasteiger partial charge is 0.387 e. The van der Waals surface area contributed by atoms with E-state index in [4.69, 9.17) is 0 Å². The van der Waals surface area contributed by atoms with Gasteiger partial charge in [0.15, 0.2) is 0 Å². The monoisotopic (exact) mass is 409 g/mol. The zero-order chi connectivity index (χ0) is 20.3. The largest absolute Gasteiger partial charge is 0.433 e. The van der Waals surface area contributed by atoms with Crippen molar-refractivity contribution in [1.82, 2.24) is 15.2 Å². The van der Waals surface area contributed by atoms with Gasteiger partial charge in [0.05, 0.1) is 6.54 Å². The maximum atomic E-state index is 12.5. The highest BCUT2D eigenvalue weighted by Crippen LogP contribution is 2.26. The van der Waals surface area contributed by atoms with Crippen molar-refractivity contribution in [3.8, 4) is 5.75 Å². The molecule has 2 aromatic carbocycles. The molecule has 1 heterocycles. The van der Waals surface area contributed by atoms with Gasteiger partial charge >= 0.3 is 12.6 Å². The molecule has 0 aliphatic carbocycles. The molecular weight excluding hydrogens is 392 g/mol. The average Bonchev–Trinajstić information content (AvgIpc) is 3.04. The Balaban J connectivity index is 1.75. The third kappa shape index (κ3) is 4.22. The van der Waals surface area contributed by atoms with Crippen LogP contribution in [0.1, 0.15) is 12.5 Å². The minimum absolute atomic E-state index is 0.131. The number of hydrogen-bond donors (Lipinski definition) is 2. The molecule has 1 aliphatic rings. The zero-order valence-electron chi connectivity index (χ0n) is 14.7. The molecule has 0 aromatic heterocycles. The van der Waals surface area contributed by atoms with Gasteiger partial charge in [-0.25, -0.2) is 22.9 Å². The van der Waals surface area contributed by atoms with Crippen molar-refractivity contribution in [2.75, 3.05) is 6.54 Å². The van der Waals surface area contributed by atoms with Gasteiger partial charge in [-0.1, -0.05) is 42.5 Å². The van der Waals surface area contributed by atoms with E-state index in [1.54, 1.807) is 6.92 Å². The minimum atomic E-state index is -4.43. The molecule has 3 rings (SSSR count). The summed E-state index contributed by atoms with van der Waals surface area (Å²) in [5.74, 6) is -0.550. The fourth-order valence-electron chi connectivity index (χ4n) is 2.75. The lowest BCUT2D eigenvalue weighted by molar-refractivity contribution is -0.0517. The van der Waals surface area contributed by atoms with Crippen LogP contribution in [-0.2, 0) is 10.0 Å². The van der Waals surface area contributed by atoms with Gasteiger partial charge < -0.3 is 4.74 Å². The Kier molecular flexibility index (Phi) is 5.50. The molecule has 148 valence electrons. The number of urea groups is 1. The number of hydrogen-bond acceptors (Lipinski definition) is 5. The molecule has 0 fully saturated rings. The molecule has 0 saturated heterocycles. The number of alkyl halides is 2. The topological polar surface area (TPSA) is 87.7 Å². The normalized spacial score (nSPS) is 14.2. The van der Waals surface area contributed by atoms with Crippen LogP contribution in [0.3, 0.4) is 0 Å². The van der Waals surface area contributed by atoms with E-state index in [-0.39, 0.29) is 6.54 Å². The second-order valence-electron chi connectivity index (χ2n) is 5.90. The molecule has 0 saturated carbocycles. The number of nitrogens with zero attached hydrogens (tertiary/aromatic N) is 1. The molecule has 1 aliphatic heterocycles. The van der Waals surface area contributed by atoms with Crippen LogP contribution < -0.4 is 14.9 Å². The molecular formula is C18H17F2N3O4S. The number of ether oxygens (including phenoxy) is 1. The molecule has 7 nitrogen and oxygen atoms in total. The number of hydrazine groups is 1. The predicted octanol–water partition coefficient (Wildman–Crippen LogP) is 2.94. The number of nitrogens with one attached hydrogen (secondary N) is 2. The highest BCUT2D eigenvalue weighted by molar-refractivity contribution is 7.90. The van der Waals surface area contributed by atoms with Gasteiger partial charge in [-0.15, -0.1) is 0 Å². The van der Waals surface area contributed by atoms with E-state index in [0.29, 0.717) is 5.70 Å². The summed E-state index contributed by atoms with van der Waals surface area (Å²) >= 11 is 0. The van der Waals surface area contributed by atoms with Gasteiger partial charge in [0.1, 0.15) is 10.6 Å². The van der Waals surface area contributed by atoms with Crippen LogP contribution in [0.2, 0.25) is 0 Å². The van der Waals surface area contributed by atoms with Gasteiger partial charge in [0.2, 0.25) is 0 Å². The van der Waals surface area contributed by atoms with Gasteiger partial charge in [-0.3, -0.25) is 5.43 Å². The predicted molar refractivity (Wildman–Crippen MR) is 97.7 cm³/mol. The Morgan fingerprint density at radius 3 is 2.46 bits per heavy atom. The fraction of sp³-hybridized carbons (Fsp3) is 0.167. The van der Waals surface area contributed by atoms with Crippen molar-refractivity contribution in [3.05, 3.63) is 65.9 Å². The van der Waals surface area contributed by atoms with E-state index in [1.807, 2.05) is 35.1 Å². The number of carbonyl (C=O) groups excluding carboxylic acids is 1. The third-order valence-corrected chi connectivity index (χ3v) is 5.38. The number of allylic oxidation sites excluding steroid dienone is 1. The van der Waals surface area contributed by atoms with E-state index < -0.39 is 33.3 Å². The summed E-state index contributed by atoms with van der Waals surface area (Å²) in [5.41, 5.74) is 5.22. The van der Waals surface area contributed by atoms with Crippen LogP contribution in [0.5, 0.6) is 5.75 Å². The van der Waals surface area contributed by atoms with Crippen LogP contribution in [0, 0.1) is 0 Å². The molecule has 10 heteroatoms. The lowest BCUT2D eigenvalue weighted by Crippen LogP contribution is -2.46.